The summed E-state index contributed by atoms with van der Waals surface area (Å²) >= 11 is 0. The molecule has 0 unspecified atom stereocenters. The van der Waals surface area contributed by atoms with Gasteiger partial charge in [0.15, 0.2) is 11.5 Å². The molecule has 0 atom stereocenters. The molecule has 0 radical (unpaired) electrons. The molecule has 0 aliphatic carbocycles. The topological polar surface area (TPSA) is 88.2 Å². The van der Waals surface area contributed by atoms with Crippen molar-refractivity contribution in [1.82, 2.24) is 15.3 Å². The van der Waals surface area contributed by atoms with E-state index in [1.165, 1.54) is 0 Å². The van der Waals surface area contributed by atoms with Gasteiger partial charge in [-0.2, -0.15) is 0 Å². The standard InChI is InChI=1S/C13H13N3O3/c1-7-8(3-5-19-7)12-15-10-6-14-4-2-9(10)11(16-12)13(17)18/h3,5,14H,2,4,6H2,1H3,(H,17,18). The second kappa shape index (κ2) is 4.47. The van der Waals surface area contributed by atoms with Gasteiger partial charge in [0.25, 0.3) is 0 Å². The molecule has 98 valence electrons. The quantitative estimate of drug-likeness (QED) is 0.847. The van der Waals surface area contributed by atoms with Gasteiger partial charge in [0.1, 0.15) is 5.76 Å². The van der Waals surface area contributed by atoms with Crippen molar-refractivity contribution in [2.45, 2.75) is 19.9 Å². The highest BCUT2D eigenvalue weighted by molar-refractivity contribution is 5.88. The molecule has 0 aromatic carbocycles. The first kappa shape index (κ1) is 11.9. The zero-order chi connectivity index (χ0) is 13.4. The van der Waals surface area contributed by atoms with E-state index in [-0.39, 0.29) is 5.69 Å². The highest BCUT2D eigenvalue weighted by Gasteiger charge is 2.22. The van der Waals surface area contributed by atoms with Crippen LogP contribution in [0.25, 0.3) is 11.4 Å². The van der Waals surface area contributed by atoms with Crippen LogP contribution in [0.2, 0.25) is 0 Å². The fourth-order valence-electron chi connectivity index (χ4n) is 2.27. The molecular formula is C13H13N3O3. The average molecular weight is 259 g/mol. The molecule has 1 aliphatic rings. The molecule has 0 bridgehead atoms. The third kappa shape index (κ3) is 2.00. The van der Waals surface area contributed by atoms with Gasteiger partial charge in [-0.05, 0) is 26.0 Å². The Balaban J connectivity index is 2.20. The maximum atomic E-state index is 11.3. The number of rotatable bonds is 2. The second-order valence-electron chi connectivity index (χ2n) is 4.44. The summed E-state index contributed by atoms with van der Waals surface area (Å²) in [4.78, 5) is 20.0. The number of nitrogens with zero attached hydrogens (tertiary/aromatic N) is 2. The molecule has 1 aliphatic heterocycles. The Morgan fingerprint density at radius 2 is 2.32 bits per heavy atom. The molecular weight excluding hydrogens is 246 g/mol. The Kier molecular flexibility index (Phi) is 2.79. The second-order valence-corrected chi connectivity index (χ2v) is 4.44. The van der Waals surface area contributed by atoms with Crippen LogP contribution in [-0.2, 0) is 13.0 Å². The first-order valence-electron chi connectivity index (χ1n) is 6.05. The number of carboxylic acids is 1. The van der Waals surface area contributed by atoms with Crippen molar-refractivity contribution in [2.75, 3.05) is 6.54 Å². The van der Waals surface area contributed by atoms with Crippen molar-refractivity contribution in [3.63, 3.8) is 0 Å². The van der Waals surface area contributed by atoms with E-state index in [4.69, 9.17) is 4.42 Å². The van der Waals surface area contributed by atoms with Crippen molar-refractivity contribution in [1.29, 1.82) is 0 Å². The molecule has 3 rings (SSSR count). The Labute approximate surface area is 109 Å². The number of aromatic nitrogens is 2. The van der Waals surface area contributed by atoms with Crippen LogP contribution < -0.4 is 5.32 Å². The summed E-state index contributed by atoms with van der Waals surface area (Å²) in [6.07, 6.45) is 2.19. The molecule has 0 fully saturated rings. The lowest BCUT2D eigenvalue weighted by Gasteiger charge is -2.18. The van der Waals surface area contributed by atoms with Crippen LogP contribution >= 0.6 is 0 Å². The molecule has 6 nitrogen and oxygen atoms in total. The van der Waals surface area contributed by atoms with Crippen LogP contribution in [0.5, 0.6) is 0 Å². The number of furan rings is 1. The van der Waals surface area contributed by atoms with Gasteiger partial charge in [0.2, 0.25) is 0 Å². The summed E-state index contributed by atoms with van der Waals surface area (Å²) in [6, 6.07) is 1.75. The van der Waals surface area contributed by atoms with Crippen LogP contribution in [-0.4, -0.2) is 27.6 Å². The Hall–Kier alpha value is -2.21. The number of carbonyl (C=O) groups is 1. The monoisotopic (exact) mass is 259 g/mol. The lowest BCUT2D eigenvalue weighted by molar-refractivity contribution is 0.0688. The van der Waals surface area contributed by atoms with Gasteiger partial charge in [-0.3, -0.25) is 0 Å². The third-order valence-corrected chi connectivity index (χ3v) is 3.24. The van der Waals surface area contributed by atoms with E-state index in [1.807, 2.05) is 0 Å². The largest absolute Gasteiger partial charge is 0.476 e. The predicted molar refractivity (Wildman–Crippen MR) is 66.8 cm³/mol. The fourth-order valence-corrected chi connectivity index (χ4v) is 2.27. The van der Waals surface area contributed by atoms with Gasteiger partial charge in [-0.25, -0.2) is 14.8 Å². The number of aryl methyl sites for hydroxylation is 1. The number of nitrogens with one attached hydrogen (secondary N) is 1. The molecule has 2 aromatic heterocycles. The summed E-state index contributed by atoms with van der Waals surface area (Å²) in [5.41, 5.74) is 2.32. The first-order chi connectivity index (χ1) is 9.16. The van der Waals surface area contributed by atoms with Crippen molar-refractivity contribution < 1.29 is 14.3 Å². The predicted octanol–water partition coefficient (Wildman–Crippen LogP) is 1.39. The molecule has 19 heavy (non-hydrogen) atoms. The summed E-state index contributed by atoms with van der Waals surface area (Å²) in [5.74, 6) is 0.0779. The molecule has 6 heteroatoms. The van der Waals surface area contributed by atoms with Crippen LogP contribution in [0.1, 0.15) is 27.5 Å². The maximum absolute atomic E-state index is 11.3. The van der Waals surface area contributed by atoms with E-state index in [0.717, 1.165) is 23.4 Å². The molecule has 0 amide bonds. The number of hydrogen-bond donors (Lipinski definition) is 2. The zero-order valence-corrected chi connectivity index (χ0v) is 10.4. The SMILES string of the molecule is Cc1occc1-c1nc2c(c(C(=O)O)n1)CCNC2. The number of fused-ring (bicyclic) bond motifs is 1. The molecule has 3 heterocycles. The molecule has 0 spiro atoms. The van der Waals surface area contributed by atoms with Gasteiger partial charge >= 0.3 is 5.97 Å². The van der Waals surface area contributed by atoms with Gasteiger partial charge < -0.3 is 14.8 Å². The van der Waals surface area contributed by atoms with Crippen molar-refractivity contribution in [2.24, 2.45) is 0 Å². The van der Waals surface area contributed by atoms with E-state index < -0.39 is 5.97 Å². The highest BCUT2D eigenvalue weighted by Crippen LogP contribution is 2.24. The lowest BCUT2D eigenvalue weighted by atomic mass is 10.0. The number of aromatic carboxylic acids is 1. The summed E-state index contributed by atoms with van der Waals surface area (Å²) < 4.78 is 5.22. The van der Waals surface area contributed by atoms with Gasteiger partial charge in [0, 0.05) is 12.1 Å². The Morgan fingerprint density at radius 3 is 3.00 bits per heavy atom. The normalized spacial score (nSPS) is 14.2. The molecule has 0 saturated heterocycles. The smallest absolute Gasteiger partial charge is 0.354 e. The van der Waals surface area contributed by atoms with Crippen molar-refractivity contribution >= 4 is 5.97 Å². The fraction of sp³-hybridized carbons (Fsp3) is 0.308. The van der Waals surface area contributed by atoms with Crippen molar-refractivity contribution in [3.8, 4) is 11.4 Å². The summed E-state index contributed by atoms with van der Waals surface area (Å²) in [7, 11) is 0. The number of hydrogen-bond acceptors (Lipinski definition) is 5. The lowest BCUT2D eigenvalue weighted by Crippen LogP contribution is -2.27. The van der Waals surface area contributed by atoms with E-state index in [2.05, 4.69) is 15.3 Å². The van der Waals surface area contributed by atoms with E-state index in [9.17, 15) is 9.90 Å². The highest BCUT2D eigenvalue weighted by atomic mass is 16.4. The zero-order valence-electron chi connectivity index (χ0n) is 10.4. The first-order valence-corrected chi connectivity index (χ1v) is 6.05. The Morgan fingerprint density at radius 1 is 1.47 bits per heavy atom. The maximum Gasteiger partial charge on any atom is 0.354 e. The van der Waals surface area contributed by atoms with E-state index in [1.54, 1.807) is 19.3 Å². The summed E-state index contributed by atoms with van der Waals surface area (Å²) in [5, 5.41) is 12.5. The van der Waals surface area contributed by atoms with E-state index in [0.29, 0.717) is 24.6 Å². The van der Waals surface area contributed by atoms with Gasteiger partial charge in [-0.15, -0.1) is 0 Å². The number of carboxylic acid groups (broad SMARTS) is 1. The van der Waals surface area contributed by atoms with Gasteiger partial charge in [0.05, 0.1) is 17.5 Å². The molecule has 0 saturated carbocycles. The van der Waals surface area contributed by atoms with Crippen LogP contribution in [0, 0.1) is 6.92 Å². The van der Waals surface area contributed by atoms with Crippen molar-refractivity contribution in [3.05, 3.63) is 35.0 Å². The van der Waals surface area contributed by atoms with Crippen LogP contribution in [0.4, 0.5) is 0 Å². The van der Waals surface area contributed by atoms with E-state index >= 15 is 0 Å². The summed E-state index contributed by atoms with van der Waals surface area (Å²) in [6.45, 7) is 3.12. The Bertz CT molecular complexity index is 649. The minimum Gasteiger partial charge on any atom is -0.476 e. The average Bonchev–Trinajstić information content (AvgIpc) is 2.83. The molecule has 2 aromatic rings. The van der Waals surface area contributed by atoms with Crippen LogP contribution in [0.3, 0.4) is 0 Å². The minimum absolute atomic E-state index is 0.0992. The van der Waals surface area contributed by atoms with Crippen LogP contribution in [0.15, 0.2) is 16.7 Å². The third-order valence-electron chi connectivity index (χ3n) is 3.24. The van der Waals surface area contributed by atoms with Gasteiger partial charge in [-0.1, -0.05) is 0 Å². The minimum atomic E-state index is -1.01. The molecule has 2 N–H and O–H groups in total.